The van der Waals surface area contributed by atoms with E-state index in [-0.39, 0.29) is 0 Å². The Hall–Kier alpha value is -0.120. The number of hydrogen-bond acceptors (Lipinski definition) is 3. The zero-order valence-electron chi connectivity index (χ0n) is 11.2. The summed E-state index contributed by atoms with van der Waals surface area (Å²) in [6, 6.07) is 2.42. The molecule has 3 nitrogen and oxygen atoms in total. The molecular formula is C14H27N3. The third-order valence-corrected chi connectivity index (χ3v) is 5.01. The lowest BCUT2D eigenvalue weighted by Crippen LogP contribution is -2.51. The Bertz CT molecular complexity index is 256. The van der Waals surface area contributed by atoms with Crippen LogP contribution in [0.4, 0.5) is 0 Å². The van der Waals surface area contributed by atoms with Crippen molar-refractivity contribution in [3.8, 4) is 0 Å². The fourth-order valence-corrected chi connectivity index (χ4v) is 4.06. The van der Waals surface area contributed by atoms with Gasteiger partial charge in [0.2, 0.25) is 0 Å². The zero-order chi connectivity index (χ0) is 11.7. The summed E-state index contributed by atoms with van der Waals surface area (Å²) in [6.45, 7) is 8.80. The van der Waals surface area contributed by atoms with E-state index in [1.54, 1.807) is 0 Å². The quantitative estimate of drug-likeness (QED) is 0.798. The van der Waals surface area contributed by atoms with Crippen molar-refractivity contribution in [2.24, 2.45) is 0 Å². The summed E-state index contributed by atoms with van der Waals surface area (Å²) in [5.74, 6) is 0. The topological polar surface area (TPSA) is 18.5 Å². The molecule has 0 aromatic heterocycles. The number of fused-ring (bicyclic) bond motifs is 1. The molecule has 0 radical (unpaired) electrons. The van der Waals surface area contributed by atoms with Gasteiger partial charge in [0, 0.05) is 31.2 Å². The number of hydrogen-bond donors (Lipinski definition) is 1. The number of likely N-dealkylation sites (tertiary alicyclic amines) is 1. The van der Waals surface area contributed by atoms with E-state index >= 15 is 0 Å². The van der Waals surface area contributed by atoms with E-state index in [1.807, 2.05) is 0 Å². The molecule has 3 rings (SSSR count). The Morgan fingerprint density at radius 2 is 1.94 bits per heavy atom. The Morgan fingerprint density at radius 1 is 1.06 bits per heavy atom. The third kappa shape index (κ3) is 2.51. The van der Waals surface area contributed by atoms with E-state index in [2.05, 4.69) is 22.0 Å². The minimum atomic E-state index is 0.759. The van der Waals surface area contributed by atoms with Gasteiger partial charge in [-0.2, -0.15) is 0 Å². The largest absolute Gasteiger partial charge is 0.308 e. The summed E-state index contributed by atoms with van der Waals surface area (Å²) in [5.41, 5.74) is 0. The van der Waals surface area contributed by atoms with Crippen LogP contribution < -0.4 is 5.32 Å². The average Bonchev–Trinajstić information content (AvgIpc) is 2.94. The molecule has 3 atom stereocenters. The van der Waals surface area contributed by atoms with E-state index in [9.17, 15) is 0 Å². The Morgan fingerprint density at radius 3 is 2.82 bits per heavy atom. The second-order valence-corrected chi connectivity index (χ2v) is 6.04. The van der Waals surface area contributed by atoms with Gasteiger partial charge in [-0.3, -0.25) is 4.90 Å². The Kier molecular flexibility index (Phi) is 3.69. The lowest BCUT2D eigenvalue weighted by molar-refractivity contribution is 0.183. The molecule has 0 bridgehead atoms. The molecule has 17 heavy (non-hydrogen) atoms. The molecular weight excluding hydrogens is 210 g/mol. The summed E-state index contributed by atoms with van der Waals surface area (Å²) in [4.78, 5) is 5.31. The summed E-state index contributed by atoms with van der Waals surface area (Å²) < 4.78 is 0. The molecule has 3 aliphatic heterocycles. The van der Waals surface area contributed by atoms with Gasteiger partial charge in [-0.1, -0.05) is 6.92 Å². The molecule has 1 N–H and O–H groups in total. The number of likely N-dealkylation sites (N-methyl/N-ethyl adjacent to an activating group) is 1. The third-order valence-electron chi connectivity index (χ3n) is 5.01. The SMILES string of the molecule is CCN1CCCC(NC2CCN3CCCC23)C1. The van der Waals surface area contributed by atoms with Crippen molar-refractivity contribution in [1.29, 1.82) is 0 Å². The summed E-state index contributed by atoms with van der Waals surface area (Å²) in [5, 5.41) is 3.97. The highest BCUT2D eigenvalue weighted by Crippen LogP contribution is 2.28. The van der Waals surface area contributed by atoms with E-state index in [1.165, 1.54) is 64.8 Å². The first kappa shape index (κ1) is 11.9. The van der Waals surface area contributed by atoms with Crippen molar-refractivity contribution in [1.82, 2.24) is 15.1 Å². The smallest absolute Gasteiger partial charge is 0.0250 e. The van der Waals surface area contributed by atoms with Crippen LogP contribution >= 0.6 is 0 Å². The second kappa shape index (κ2) is 5.25. The van der Waals surface area contributed by atoms with Crippen LogP contribution in [0.25, 0.3) is 0 Å². The van der Waals surface area contributed by atoms with Gasteiger partial charge in [-0.25, -0.2) is 0 Å². The summed E-state index contributed by atoms with van der Waals surface area (Å²) in [6.07, 6.45) is 7.01. The monoisotopic (exact) mass is 237 g/mol. The van der Waals surface area contributed by atoms with E-state index in [4.69, 9.17) is 0 Å². The highest BCUT2D eigenvalue weighted by Gasteiger charge is 2.38. The van der Waals surface area contributed by atoms with Gasteiger partial charge in [-0.15, -0.1) is 0 Å². The molecule has 3 heteroatoms. The van der Waals surface area contributed by atoms with E-state index in [0.717, 1.165) is 18.1 Å². The maximum absolute atomic E-state index is 3.97. The summed E-state index contributed by atoms with van der Waals surface area (Å²) in [7, 11) is 0. The molecule has 0 aromatic rings. The van der Waals surface area contributed by atoms with Crippen molar-refractivity contribution < 1.29 is 0 Å². The first-order valence-corrected chi connectivity index (χ1v) is 7.59. The lowest BCUT2D eigenvalue weighted by Gasteiger charge is -2.35. The summed E-state index contributed by atoms with van der Waals surface area (Å²) >= 11 is 0. The highest BCUT2D eigenvalue weighted by atomic mass is 15.3. The second-order valence-electron chi connectivity index (χ2n) is 6.04. The molecule has 3 heterocycles. The molecule has 0 spiro atoms. The van der Waals surface area contributed by atoms with Crippen LogP contribution in [-0.2, 0) is 0 Å². The molecule has 0 aromatic carbocycles. The van der Waals surface area contributed by atoms with Crippen molar-refractivity contribution in [2.75, 3.05) is 32.7 Å². The molecule has 0 saturated carbocycles. The molecule has 3 fully saturated rings. The molecule has 3 aliphatic rings. The predicted octanol–water partition coefficient (Wildman–Crippen LogP) is 1.30. The standard InChI is InChI=1S/C14H27N3/c1-2-16-8-3-5-12(11-16)15-13-7-10-17-9-4-6-14(13)17/h12-15H,2-11H2,1H3. The van der Waals surface area contributed by atoms with Gasteiger partial charge in [0.25, 0.3) is 0 Å². The van der Waals surface area contributed by atoms with Crippen molar-refractivity contribution in [3.05, 3.63) is 0 Å². The number of nitrogens with one attached hydrogen (secondary N) is 1. The van der Waals surface area contributed by atoms with Crippen LogP contribution in [0.3, 0.4) is 0 Å². The first-order chi connectivity index (χ1) is 8.36. The van der Waals surface area contributed by atoms with E-state index in [0.29, 0.717) is 0 Å². The molecule has 3 saturated heterocycles. The molecule has 0 aliphatic carbocycles. The molecule has 3 unspecified atom stereocenters. The normalized spacial score (nSPS) is 39.7. The van der Waals surface area contributed by atoms with Gasteiger partial charge < -0.3 is 10.2 Å². The number of piperidine rings is 1. The Balaban J connectivity index is 1.52. The van der Waals surface area contributed by atoms with Crippen molar-refractivity contribution in [3.63, 3.8) is 0 Å². The van der Waals surface area contributed by atoms with Crippen LogP contribution in [0, 0.1) is 0 Å². The number of rotatable bonds is 3. The van der Waals surface area contributed by atoms with Gasteiger partial charge in [0.05, 0.1) is 0 Å². The van der Waals surface area contributed by atoms with Crippen LogP contribution in [0.15, 0.2) is 0 Å². The predicted molar refractivity (Wildman–Crippen MR) is 71.3 cm³/mol. The minimum absolute atomic E-state index is 0.759. The van der Waals surface area contributed by atoms with Crippen LogP contribution in [-0.4, -0.2) is 60.6 Å². The molecule has 98 valence electrons. The van der Waals surface area contributed by atoms with Gasteiger partial charge in [0.1, 0.15) is 0 Å². The number of nitrogens with zero attached hydrogens (tertiary/aromatic N) is 2. The van der Waals surface area contributed by atoms with Gasteiger partial charge in [-0.05, 0) is 51.7 Å². The van der Waals surface area contributed by atoms with Crippen LogP contribution in [0.2, 0.25) is 0 Å². The van der Waals surface area contributed by atoms with Crippen LogP contribution in [0.5, 0.6) is 0 Å². The minimum Gasteiger partial charge on any atom is -0.308 e. The zero-order valence-corrected chi connectivity index (χ0v) is 11.2. The first-order valence-electron chi connectivity index (χ1n) is 7.59. The lowest BCUT2D eigenvalue weighted by atomic mass is 10.0. The fourth-order valence-electron chi connectivity index (χ4n) is 4.06. The maximum Gasteiger partial charge on any atom is 0.0250 e. The van der Waals surface area contributed by atoms with Crippen molar-refractivity contribution in [2.45, 2.75) is 57.2 Å². The van der Waals surface area contributed by atoms with Crippen molar-refractivity contribution >= 4 is 0 Å². The van der Waals surface area contributed by atoms with E-state index < -0.39 is 0 Å². The van der Waals surface area contributed by atoms with Crippen LogP contribution in [0.1, 0.15) is 39.0 Å². The van der Waals surface area contributed by atoms with Gasteiger partial charge in [0.15, 0.2) is 0 Å². The molecule has 0 amide bonds. The Labute approximate surface area is 106 Å². The highest BCUT2D eigenvalue weighted by molar-refractivity contribution is 4.97. The van der Waals surface area contributed by atoms with Gasteiger partial charge >= 0.3 is 0 Å². The average molecular weight is 237 g/mol. The fraction of sp³-hybridized carbons (Fsp3) is 1.00. The maximum atomic E-state index is 3.97.